The molecule has 0 aromatic carbocycles. The number of likely N-dealkylation sites (tertiary alicyclic amines) is 1. The third-order valence-electron chi connectivity index (χ3n) is 5.47. The molecule has 0 radical (unpaired) electrons. The van der Waals surface area contributed by atoms with E-state index in [9.17, 15) is 9.59 Å². The van der Waals surface area contributed by atoms with Crippen molar-refractivity contribution < 1.29 is 9.59 Å². The molecular formula is C20H40N4O2. The fraction of sp³-hybridized carbons (Fsp3) is 0.900. The fourth-order valence-corrected chi connectivity index (χ4v) is 3.74. The van der Waals surface area contributed by atoms with Crippen LogP contribution in [0.5, 0.6) is 0 Å². The van der Waals surface area contributed by atoms with Crippen LogP contribution in [0, 0.1) is 5.92 Å². The van der Waals surface area contributed by atoms with Crippen LogP contribution in [0.1, 0.15) is 47.0 Å². The molecular weight excluding hydrogens is 328 g/mol. The number of piperidine rings is 1. The van der Waals surface area contributed by atoms with Crippen molar-refractivity contribution in [1.82, 2.24) is 19.6 Å². The molecule has 2 saturated heterocycles. The molecule has 0 aliphatic carbocycles. The van der Waals surface area contributed by atoms with E-state index in [4.69, 9.17) is 0 Å². The van der Waals surface area contributed by atoms with Gasteiger partial charge < -0.3 is 9.80 Å². The lowest BCUT2D eigenvalue weighted by Crippen LogP contribution is -2.55. The first kappa shape index (κ1) is 22.9. The molecule has 2 amide bonds. The second-order valence-electron chi connectivity index (χ2n) is 7.54. The van der Waals surface area contributed by atoms with Crippen LogP contribution < -0.4 is 0 Å². The lowest BCUT2D eigenvalue weighted by molar-refractivity contribution is -0.133. The maximum Gasteiger partial charge on any atom is 0.236 e. The SMILES string of the molecule is CC.CCC(=O)N1CCC(CN2CCN(CC(=O)N(C)C)CC2C)CC1. The van der Waals surface area contributed by atoms with Gasteiger partial charge in [0.1, 0.15) is 0 Å². The molecule has 2 fully saturated rings. The van der Waals surface area contributed by atoms with Gasteiger partial charge in [0.05, 0.1) is 6.54 Å². The summed E-state index contributed by atoms with van der Waals surface area (Å²) in [6.07, 6.45) is 2.87. The minimum Gasteiger partial charge on any atom is -0.348 e. The summed E-state index contributed by atoms with van der Waals surface area (Å²) in [4.78, 5) is 32.2. The Balaban J connectivity index is 0.00000163. The first-order valence-electron chi connectivity index (χ1n) is 10.3. The molecule has 2 aliphatic heterocycles. The number of nitrogens with zero attached hydrogens (tertiary/aromatic N) is 4. The van der Waals surface area contributed by atoms with Gasteiger partial charge in [-0.2, -0.15) is 0 Å². The van der Waals surface area contributed by atoms with Gasteiger partial charge in [0.25, 0.3) is 0 Å². The summed E-state index contributed by atoms with van der Waals surface area (Å²) < 4.78 is 0. The Kier molecular flexibility index (Phi) is 10.2. The molecule has 2 heterocycles. The molecule has 0 saturated carbocycles. The fourth-order valence-electron chi connectivity index (χ4n) is 3.74. The van der Waals surface area contributed by atoms with Gasteiger partial charge in [-0.25, -0.2) is 0 Å². The summed E-state index contributed by atoms with van der Waals surface area (Å²) in [5.41, 5.74) is 0. The molecule has 152 valence electrons. The van der Waals surface area contributed by atoms with Crippen molar-refractivity contribution in [3.05, 3.63) is 0 Å². The number of piperazine rings is 1. The van der Waals surface area contributed by atoms with Gasteiger partial charge >= 0.3 is 0 Å². The van der Waals surface area contributed by atoms with Gasteiger partial charge in [-0.1, -0.05) is 20.8 Å². The molecule has 1 unspecified atom stereocenters. The first-order valence-corrected chi connectivity index (χ1v) is 10.3. The number of amides is 2. The quantitative estimate of drug-likeness (QED) is 0.742. The van der Waals surface area contributed by atoms with Crippen LogP contribution in [-0.4, -0.2) is 97.4 Å². The molecule has 6 nitrogen and oxygen atoms in total. The minimum atomic E-state index is 0.184. The van der Waals surface area contributed by atoms with Gasteiger partial charge in [0, 0.05) is 65.8 Å². The lowest BCUT2D eigenvalue weighted by Gasteiger charge is -2.42. The van der Waals surface area contributed by atoms with E-state index < -0.39 is 0 Å². The van der Waals surface area contributed by atoms with E-state index in [1.165, 1.54) is 0 Å². The average molecular weight is 369 g/mol. The number of hydrogen-bond acceptors (Lipinski definition) is 4. The van der Waals surface area contributed by atoms with E-state index in [1.807, 2.05) is 39.8 Å². The van der Waals surface area contributed by atoms with E-state index >= 15 is 0 Å². The number of carbonyl (C=O) groups is 2. The van der Waals surface area contributed by atoms with Gasteiger partial charge in [0.15, 0.2) is 0 Å². The van der Waals surface area contributed by atoms with E-state index in [-0.39, 0.29) is 5.91 Å². The van der Waals surface area contributed by atoms with Crippen LogP contribution in [0.2, 0.25) is 0 Å². The normalized spacial score (nSPS) is 22.5. The van der Waals surface area contributed by atoms with Crippen molar-refractivity contribution in [1.29, 1.82) is 0 Å². The van der Waals surface area contributed by atoms with E-state index in [0.717, 1.165) is 52.1 Å². The molecule has 6 heteroatoms. The highest BCUT2D eigenvalue weighted by Gasteiger charge is 2.29. The zero-order valence-electron chi connectivity index (χ0n) is 17.8. The van der Waals surface area contributed by atoms with Gasteiger partial charge in [-0.05, 0) is 25.7 Å². The second kappa shape index (κ2) is 11.5. The molecule has 0 aromatic heterocycles. The van der Waals surface area contributed by atoms with Crippen LogP contribution >= 0.6 is 0 Å². The molecule has 2 rings (SSSR count). The molecule has 2 aliphatic rings. The number of rotatable bonds is 5. The summed E-state index contributed by atoms with van der Waals surface area (Å²) >= 11 is 0. The molecule has 0 aromatic rings. The van der Waals surface area contributed by atoms with Gasteiger partial charge in [0.2, 0.25) is 11.8 Å². The highest BCUT2D eigenvalue weighted by molar-refractivity contribution is 5.77. The minimum absolute atomic E-state index is 0.184. The molecule has 0 N–H and O–H groups in total. The molecule has 26 heavy (non-hydrogen) atoms. The van der Waals surface area contributed by atoms with E-state index in [1.54, 1.807) is 4.90 Å². The van der Waals surface area contributed by atoms with Crippen molar-refractivity contribution in [2.45, 2.75) is 53.0 Å². The molecule has 0 spiro atoms. The summed E-state index contributed by atoms with van der Waals surface area (Å²) in [5, 5.41) is 0. The first-order chi connectivity index (χ1) is 12.4. The predicted octanol–water partition coefficient (Wildman–Crippen LogP) is 1.76. The Bertz CT molecular complexity index is 434. The zero-order chi connectivity index (χ0) is 19.7. The molecule has 1 atom stereocenters. The van der Waals surface area contributed by atoms with Crippen LogP contribution in [0.25, 0.3) is 0 Å². The highest BCUT2D eigenvalue weighted by atomic mass is 16.2. The Hall–Kier alpha value is -1.14. The van der Waals surface area contributed by atoms with E-state index in [2.05, 4.69) is 16.7 Å². The Labute approximate surface area is 160 Å². The predicted molar refractivity (Wildman–Crippen MR) is 107 cm³/mol. The van der Waals surface area contributed by atoms with Gasteiger partial charge in [-0.3, -0.25) is 19.4 Å². The van der Waals surface area contributed by atoms with Crippen molar-refractivity contribution in [2.24, 2.45) is 5.92 Å². The Morgan fingerprint density at radius 2 is 1.65 bits per heavy atom. The molecule has 0 bridgehead atoms. The summed E-state index contributed by atoms with van der Waals surface area (Å²) in [6, 6.07) is 0.490. The maximum atomic E-state index is 11.9. The van der Waals surface area contributed by atoms with Gasteiger partial charge in [-0.15, -0.1) is 0 Å². The smallest absolute Gasteiger partial charge is 0.236 e. The van der Waals surface area contributed by atoms with Crippen molar-refractivity contribution in [3.63, 3.8) is 0 Å². The maximum absolute atomic E-state index is 11.9. The lowest BCUT2D eigenvalue weighted by atomic mass is 9.95. The largest absolute Gasteiger partial charge is 0.348 e. The second-order valence-corrected chi connectivity index (χ2v) is 7.54. The average Bonchev–Trinajstić information content (AvgIpc) is 2.65. The third-order valence-corrected chi connectivity index (χ3v) is 5.47. The summed E-state index contributed by atoms with van der Waals surface area (Å²) in [7, 11) is 3.63. The monoisotopic (exact) mass is 368 g/mol. The van der Waals surface area contributed by atoms with Crippen molar-refractivity contribution in [3.8, 4) is 0 Å². The topological polar surface area (TPSA) is 47.1 Å². The summed E-state index contributed by atoms with van der Waals surface area (Å²) in [5.74, 6) is 1.17. The van der Waals surface area contributed by atoms with Crippen LogP contribution in [0.4, 0.5) is 0 Å². The van der Waals surface area contributed by atoms with Crippen LogP contribution in [0.3, 0.4) is 0 Å². The Morgan fingerprint density at radius 3 is 2.15 bits per heavy atom. The summed E-state index contributed by atoms with van der Waals surface area (Å²) in [6.45, 7) is 14.7. The van der Waals surface area contributed by atoms with Crippen molar-refractivity contribution >= 4 is 11.8 Å². The number of hydrogen-bond donors (Lipinski definition) is 0. The number of carbonyl (C=O) groups excluding carboxylic acids is 2. The van der Waals surface area contributed by atoms with Crippen LogP contribution in [-0.2, 0) is 9.59 Å². The third kappa shape index (κ3) is 6.88. The Morgan fingerprint density at radius 1 is 1.04 bits per heavy atom. The van der Waals surface area contributed by atoms with Crippen molar-refractivity contribution in [2.75, 3.05) is 59.9 Å². The highest BCUT2D eigenvalue weighted by Crippen LogP contribution is 2.21. The van der Waals surface area contributed by atoms with E-state index in [0.29, 0.717) is 30.8 Å². The van der Waals surface area contributed by atoms with Crippen LogP contribution in [0.15, 0.2) is 0 Å². The zero-order valence-corrected chi connectivity index (χ0v) is 17.8. The standard InChI is InChI=1S/C18H34N4O2.C2H6/c1-5-17(23)21-8-6-16(7-9-21)13-22-11-10-20(12-15(22)2)14-18(24)19(3)4;1-2/h15-16H,5-14H2,1-4H3;1-2H3. The number of likely N-dealkylation sites (N-methyl/N-ethyl adjacent to an activating group) is 1.